The van der Waals surface area contributed by atoms with Crippen LogP contribution in [0.15, 0.2) is 18.7 Å². The van der Waals surface area contributed by atoms with Gasteiger partial charge in [-0.2, -0.15) is 0 Å². The van der Waals surface area contributed by atoms with E-state index in [-0.39, 0.29) is 0 Å². The molecule has 96 valence electrons. The van der Waals surface area contributed by atoms with Crippen LogP contribution >= 0.6 is 0 Å². The summed E-state index contributed by atoms with van der Waals surface area (Å²) in [7, 11) is 0. The molecule has 0 saturated heterocycles. The second kappa shape index (κ2) is 5.62. The lowest BCUT2D eigenvalue weighted by Crippen LogP contribution is -2.10. The summed E-state index contributed by atoms with van der Waals surface area (Å²) in [6, 6.07) is 0. The van der Waals surface area contributed by atoms with Crippen molar-refractivity contribution in [1.82, 2.24) is 19.5 Å². The highest BCUT2D eigenvalue weighted by Crippen LogP contribution is 2.10. The number of imidazole rings is 1. The van der Waals surface area contributed by atoms with Crippen LogP contribution in [0.1, 0.15) is 23.4 Å². The Morgan fingerprint density at radius 3 is 2.50 bits per heavy atom. The Balaban J connectivity index is 1.83. The number of rotatable bonds is 5. The third-order valence-corrected chi connectivity index (χ3v) is 3.07. The molecule has 0 aliphatic rings. The van der Waals surface area contributed by atoms with Gasteiger partial charge < -0.3 is 9.88 Å². The van der Waals surface area contributed by atoms with E-state index in [1.807, 2.05) is 33.3 Å². The van der Waals surface area contributed by atoms with E-state index in [2.05, 4.69) is 24.8 Å². The smallest absolute Gasteiger partial charge is 0.223 e. The Bertz CT molecular complexity index is 481. The lowest BCUT2D eigenvalue weighted by Gasteiger charge is -2.09. The fourth-order valence-corrected chi connectivity index (χ4v) is 1.73. The van der Waals surface area contributed by atoms with Gasteiger partial charge in [0.05, 0.1) is 6.33 Å². The van der Waals surface area contributed by atoms with Crippen LogP contribution in [0.5, 0.6) is 0 Å². The number of aromatic nitrogens is 4. The number of hydrogen-bond acceptors (Lipinski definition) is 4. The number of anilines is 1. The van der Waals surface area contributed by atoms with E-state index in [4.69, 9.17) is 0 Å². The van der Waals surface area contributed by atoms with E-state index in [1.54, 1.807) is 6.20 Å². The van der Waals surface area contributed by atoms with Crippen LogP contribution < -0.4 is 5.32 Å². The molecule has 0 spiro atoms. The summed E-state index contributed by atoms with van der Waals surface area (Å²) < 4.78 is 2.06. The molecule has 0 atom stereocenters. The molecule has 2 aromatic rings. The summed E-state index contributed by atoms with van der Waals surface area (Å²) in [4.78, 5) is 12.9. The first-order valence-electron chi connectivity index (χ1n) is 6.18. The van der Waals surface area contributed by atoms with Crippen molar-refractivity contribution in [1.29, 1.82) is 0 Å². The Morgan fingerprint density at radius 2 is 1.89 bits per heavy atom. The Hall–Kier alpha value is -1.91. The van der Waals surface area contributed by atoms with Crippen molar-refractivity contribution >= 4 is 5.95 Å². The second-order valence-electron chi connectivity index (χ2n) is 4.42. The van der Waals surface area contributed by atoms with Crippen molar-refractivity contribution in [2.45, 2.75) is 33.7 Å². The average Bonchev–Trinajstić information content (AvgIpc) is 2.84. The first-order chi connectivity index (χ1) is 8.66. The van der Waals surface area contributed by atoms with Gasteiger partial charge in [-0.05, 0) is 32.8 Å². The van der Waals surface area contributed by atoms with Gasteiger partial charge in [0.1, 0.15) is 0 Å². The van der Waals surface area contributed by atoms with Crippen LogP contribution in [0.3, 0.4) is 0 Å². The predicted octanol–water partition coefficient (Wildman–Crippen LogP) is 2.10. The highest BCUT2D eigenvalue weighted by atomic mass is 15.1. The third kappa shape index (κ3) is 3.06. The minimum absolute atomic E-state index is 0.723. The zero-order chi connectivity index (χ0) is 13.0. The SMILES string of the molecule is Cc1nc(NCCCn2ccnc2)nc(C)c1C. The Labute approximate surface area is 107 Å². The Kier molecular flexibility index (Phi) is 3.92. The number of aryl methyl sites for hydroxylation is 3. The topological polar surface area (TPSA) is 55.6 Å². The van der Waals surface area contributed by atoms with Gasteiger partial charge in [0.15, 0.2) is 0 Å². The molecular formula is C13H19N5. The molecule has 2 rings (SSSR count). The van der Waals surface area contributed by atoms with Gasteiger partial charge in [0.2, 0.25) is 5.95 Å². The molecule has 0 saturated carbocycles. The fourth-order valence-electron chi connectivity index (χ4n) is 1.73. The maximum atomic E-state index is 4.43. The van der Waals surface area contributed by atoms with Gasteiger partial charge in [-0.25, -0.2) is 15.0 Å². The van der Waals surface area contributed by atoms with Crippen molar-refractivity contribution in [3.05, 3.63) is 35.7 Å². The number of hydrogen-bond donors (Lipinski definition) is 1. The van der Waals surface area contributed by atoms with Crippen molar-refractivity contribution in [2.75, 3.05) is 11.9 Å². The molecule has 0 aliphatic heterocycles. The number of nitrogens with zero attached hydrogens (tertiary/aromatic N) is 4. The van der Waals surface area contributed by atoms with Crippen LogP contribution in [0.2, 0.25) is 0 Å². The molecule has 0 amide bonds. The standard InChI is InChI=1S/C13H19N5/c1-10-11(2)16-13(17-12(10)3)15-5-4-7-18-8-6-14-9-18/h6,8-9H,4-5,7H2,1-3H3,(H,15,16,17). The molecule has 0 fully saturated rings. The van der Waals surface area contributed by atoms with Gasteiger partial charge in [0, 0.05) is 36.9 Å². The van der Waals surface area contributed by atoms with Crippen LogP contribution in [-0.4, -0.2) is 26.1 Å². The van der Waals surface area contributed by atoms with E-state index in [1.165, 1.54) is 5.56 Å². The average molecular weight is 245 g/mol. The molecule has 1 N–H and O–H groups in total. The zero-order valence-corrected chi connectivity index (χ0v) is 11.1. The van der Waals surface area contributed by atoms with E-state index in [0.717, 1.165) is 36.8 Å². The van der Waals surface area contributed by atoms with Gasteiger partial charge in [0.25, 0.3) is 0 Å². The maximum absolute atomic E-state index is 4.43. The molecule has 2 aromatic heterocycles. The monoisotopic (exact) mass is 245 g/mol. The molecule has 18 heavy (non-hydrogen) atoms. The summed E-state index contributed by atoms with van der Waals surface area (Å²) >= 11 is 0. The van der Waals surface area contributed by atoms with Crippen LogP contribution in [-0.2, 0) is 6.54 Å². The largest absolute Gasteiger partial charge is 0.354 e. The first kappa shape index (κ1) is 12.5. The predicted molar refractivity (Wildman–Crippen MR) is 71.6 cm³/mol. The van der Waals surface area contributed by atoms with Crippen molar-refractivity contribution in [3.63, 3.8) is 0 Å². The first-order valence-corrected chi connectivity index (χ1v) is 6.18. The highest BCUT2D eigenvalue weighted by Gasteiger charge is 2.03. The molecule has 0 unspecified atom stereocenters. The molecule has 5 nitrogen and oxygen atoms in total. The summed E-state index contributed by atoms with van der Waals surface area (Å²) in [5.74, 6) is 0.723. The Morgan fingerprint density at radius 1 is 1.17 bits per heavy atom. The zero-order valence-electron chi connectivity index (χ0n) is 11.1. The molecule has 0 aliphatic carbocycles. The normalized spacial score (nSPS) is 10.6. The van der Waals surface area contributed by atoms with Crippen LogP contribution in [0.25, 0.3) is 0 Å². The van der Waals surface area contributed by atoms with Gasteiger partial charge >= 0.3 is 0 Å². The molecule has 2 heterocycles. The van der Waals surface area contributed by atoms with E-state index < -0.39 is 0 Å². The molecule has 5 heteroatoms. The van der Waals surface area contributed by atoms with E-state index in [0.29, 0.717) is 0 Å². The molecule has 0 radical (unpaired) electrons. The van der Waals surface area contributed by atoms with Crippen molar-refractivity contribution in [3.8, 4) is 0 Å². The molecule has 0 aromatic carbocycles. The summed E-state index contributed by atoms with van der Waals surface area (Å²) in [5, 5.41) is 3.26. The van der Waals surface area contributed by atoms with E-state index >= 15 is 0 Å². The molecule has 0 bridgehead atoms. The summed E-state index contributed by atoms with van der Waals surface area (Å²) in [6.45, 7) is 7.89. The highest BCUT2D eigenvalue weighted by molar-refractivity contribution is 5.32. The lowest BCUT2D eigenvalue weighted by atomic mass is 10.2. The molecular weight excluding hydrogens is 226 g/mol. The van der Waals surface area contributed by atoms with Crippen molar-refractivity contribution in [2.24, 2.45) is 0 Å². The van der Waals surface area contributed by atoms with Gasteiger partial charge in [-0.1, -0.05) is 0 Å². The lowest BCUT2D eigenvalue weighted by molar-refractivity contribution is 0.659. The van der Waals surface area contributed by atoms with Crippen LogP contribution in [0, 0.1) is 20.8 Å². The number of nitrogens with one attached hydrogen (secondary N) is 1. The minimum Gasteiger partial charge on any atom is -0.354 e. The minimum atomic E-state index is 0.723. The quantitative estimate of drug-likeness (QED) is 0.820. The third-order valence-electron chi connectivity index (χ3n) is 3.07. The van der Waals surface area contributed by atoms with E-state index in [9.17, 15) is 0 Å². The fraction of sp³-hybridized carbons (Fsp3) is 0.462. The van der Waals surface area contributed by atoms with Gasteiger partial charge in [-0.15, -0.1) is 0 Å². The maximum Gasteiger partial charge on any atom is 0.223 e. The van der Waals surface area contributed by atoms with Crippen molar-refractivity contribution < 1.29 is 0 Å². The van der Waals surface area contributed by atoms with Crippen LogP contribution in [0.4, 0.5) is 5.95 Å². The summed E-state index contributed by atoms with van der Waals surface area (Å²) in [6.07, 6.45) is 6.61. The summed E-state index contributed by atoms with van der Waals surface area (Å²) in [5.41, 5.74) is 3.25. The second-order valence-corrected chi connectivity index (χ2v) is 4.42. The van der Waals surface area contributed by atoms with Gasteiger partial charge in [-0.3, -0.25) is 0 Å².